The van der Waals surface area contributed by atoms with Gasteiger partial charge in [0.25, 0.3) is 0 Å². The number of fused-ring (bicyclic) bond motifs is 1. The molecule has 1 aliphatic carbocycles. The maximum atomic E-state index is 4.46. The van der Waals surface area contributed by atoms with Crippen molar-refractivity contribution in [3.05, 3.63) is 30.9 Å². The molecule has 1 aliphatic heterocycles. The molecule has 2 aliphatic rings. The predicted octanol–water partition coefficient (Wildman–Crippen LogP) is 2.29. The largest absolute Gasteiger partial charge is 0.356 e. The standard InChI is InChI=1S/C15H19N5/c1-2-5-13-10-19(9-12(13)4-1)14-8-15(17-11-16-14)20-7-3-6-18-20/h3,6-8,11-13H,1-2,4-5,9-10H2. The second-order valence-corrected chi connectivity index (χ2v) is 5.89. The lowest BCUT2D eigenvalue weighted by Crippen LogP contribution is -2.21. The van der Waals surface area contributed by atoms with Crippen molar-refractivity contribution >= 4 is 5.82 Å². The Kier molecular flexibility index (Phi) is 2.90. The highest BCUT2D eigenvalue weighted by atomic mass is 15.3. The van der Waals surface area contributed by atoms with Crippen LogP contribution in [-0.4, -0.2) is 32.8 Å². The summed E-state index contributed by atoms with van der Waals surface area (Å²) in [7, 11) is 0. The Morgan fingerprint density at radius 3 is 2.45 bits per heavy atom. The van der Waals surface area contributed by atoms with Gasteiger partial charge in [0.1, 0.15) is 12.1 Å². The first-order valence-electron chi connectivity index (χ1n) is 7.47. The third-order valence-electron chi connectivity index (χ3n) is 4.68. The SMILES string of the molecule is c1cnn(-c2cc(N3CC4CCCCC4C3)ncn2)c1. The van der Waals surface area contributed by atoms with Crippen LogP contribution in [0.15, 0.2) is 30.9 Å². The van der Waals surface area contributed by atoms with Gasteiger partial charge in [0, 0.05) is 31.5 Å². The van der Waals surface area contributed by atoms with Gasteiger partial charge in [-0.1, -0.05) is 12.8 Å². The van der Waals surface area contributed by atoms with E-state index in [-0.39, 0.29) is 0 Å². The summed E-state index contributed by atoms with van der Waals surface area (Å²) < 4.78 is 1.79. The van der Waals surface area contributed by atoms with Crippen molar-refractivity contribution < 1.29 is 0 Å². The molecule has 2 atom stereocenters. The zero-order valence-corrected chi connectivity index (χ0v) is 11.5. The van der Waals surface area contributed by atoms with E-state index in [1.54, 1.807) is 17.2 Å². The number of hydrogen-bond acceptors (Lipinski definition) is 4. The lowest BCUT2D eigenvalue weighted by molar-refractivity contribution is 0.299. The first kappa shape index (κ1) is 11.9. The molecule has 0 amide bonds. The summed E-state index contributed by atoms with van der Waals surface area (Å²) >= 11 is 0. The second-order valence-electron chi connectivity index (χ2n) is 5.89. The number of anilines is 1. The fourth-order valence-corrected chi connectivity index (χ4v) is 3.63. The van der Waals surface area contributed by atoms with E-state index in [1.807, 2.05) is 18.3 Å². The molecular weight excluding hydrogens is 250 g/mol. The van der Waals surface area contributed by atoms with Crippen molar-refractivity contribution in [2.75, 3.05) is 18.0 Å². The summed E-state index contributed by atoms with van der Waals surface area (Å²) in [4.78, 5) is 11.2. The Labute approximate surface area is 118 Å². The highest BCUT2D eigenvalue weighted by molar-refractivity contribution is 5.44. The van der Waals surface area contributed by atoms with Crippen LogP contribution in [0.5, 0.6) is 0 Å². The van der Waals surface area contributed by atoms with Gasteiger partial charge in [0.15, 0.2) is 5.82 Å². The molecule has 0 aromatic carbocycles. The van der Waals surface area contributed by atoms with Crippen LogP contribution in [0.3, 0.4) is 0 Å². The third kappa shape index (κ3) is 2.07. The number of hydrogen-bond donors (Lipinski definition) is 0. The van der Waals surface area contributed by atoms with Crippen LogP contribution < -0.4 is 4.90 Å². The monoisotopic (exact) mass is 269 g/mol. The van der Waals surface area contributed by atoms with Gasteiger partial charge >= 0.3 is 0 Å². The molecule has 5 heteroatoms. The minimum absolute atomic E-state index is 0.842. The van der Waals surface area contributed by atoms with E-state index < -0.39 is 0 Å². The molecule has 3 heterocycles. The van der Waals surface area contributed by atoms with Gasteiger partial charge in [-0.25, -0.2) is 14.6 Å². The van der Waals surface area contributed by atoms with Crippen molar-refractivity contribution in [3.8, 4) is 5.82 Å². The number of rotatable bonds is 2. The third-order valence-corrected chi connectivity index (χ3v) is 4.68. The molecule has 0 N–H and O–H groups in total. The van der Waals surface area contributed by atoms with Crippen LogP contribution in [0, 0.1) is 11.8 Å². The molecule has 2 aromatic heterocycles. The lowest BCUT2D eigenvalue weighted by Gasteiger charge is -2.22. The number of aromatic nitrogens is 4. The van der Waals surface area contributed by atoms with Crippen LogP contribution in [0.25, 0.3) is 5.82 Å². The quantitative estimate of drug-likeness (QED) is 0.839. The van der Waals surface area contributed by atoms with Gasteiger partial charge in [-0.2, -0.15) is 5.10 Å². The molecule has 2 aromatic rings. The van der Waals surface area contributed by atoms with Gasteiger partial charge < -0.3 is 4.90 Å². The molecule has 4 rings (SSSR count). The lowest BCUT2D eigenvalue weighted by atomic mass is 9.82. The second kappa shape index (κ2) is 4.89. The Hall–Kier alpha value is -1.91. The minimum atomic E-state index is 0.842. The van der Waals surface area contributed by atoms with E-state index in [4.69, 9.17) is 0 Å². The zero-order chi connectivity index (χ0) is 13.4. The first-order valence-corrected chi connectivity index (χ1v) is 7.47. The van der Waals surface area contributed by atoms with Crippen molar-refractivity contribution in [2.45, 2.75) is 25.7 Å². The molecule has 1 saturated heterocycles. The Balaban J connectivity index is 1.58. The minimum Gasteiger partial charge on any atom is -0.356 e. The molecule has 20 heavy (non-hydrogen) atoms. The average Bonchev–Trinajstić information content (AvgIpc) is 3.16. The summed E-state index contributed by atoms with van der Waals surface area (Å²) in [5.74, 6) is 3.62. The van der Waals surface area contributed by atoms with Crippen molar-refractivity contribution in [1.29, 1.82) is 0 Å². The summed E-state index contributed by atoms with van der Waals surface area (Å²) in [5.41, 5.74) is 0. The molecule has 0 spiro atoms. The molecule has 1 saturated carbocycles. The molecule has 2 fully saturated rings. The van der Waals surface area contributed by atoms with Gasteiger partial charge in [-0.3, -0.25) is 0 Å². The van der Waals surface area contributed by atoms with Crippen molar-refractivity contribution in [2.24, 2.45) is 11.8 Å². The summed E-state index contributed by atoms with van der Waals surface area (Å²) in [6.45, 7) is 2.31. The van der Waals surface area contributed by atoms with E-state index >= 15 is 0 Å². The number of nitrogens with zero attached hydrogens (tertiary/aromatic N) is 5. The Morgan fingerprint density at radius 2 is 1.75 bits per heavy atom. The van der Waals surface area contributed by atoms with Crippen LogP contribution >= 0.6 is 0 Å². The summed E-state index contributed by atoms with van der Waals surface area (Å²) in [6.07, 6.45) is 10.9. The van der Waals surface area contributed by atoms with Crippen molar-refractivity contribution in [1.82, 2.24) is 19.7 Å². The molecule has 104 valence electrons. The zero-order valence-electron chi connectivity index (χ0n) is 11.5. The Bertz CT molecular complexity index is 566. The molecule has 5 nitrogen and oxygen atoms in total. The molecule has 0 radical (unpaired) electrons. The van der Waals surface area contributed by atoms with E-state index in [0.717, 1.165) is 36.6 Å². The van der Waals surface area contributed by atoms with Crippen LogP contribution in [0.1, 0.15) is 25.7 Å². The first-order chi connectivity index (χ1) is 9.90. The fourth-order valence-electron chi connectivity index (χ4n) is 3.63. The van der Waals surface area contributed by atoms with Gasteiger partial charge in [0.2, 0.25) is 0 Å². The molecule has 0 bridgehead atoms. The molecule has 2 unspecified atom stereocenters. The van der Waals surface area contributed by atoms with Gasteiger partial charge in [0.05, 0.1) is 0 Å². The van der Waals surface area contributed by atoms with Crippen LogP contribution in [0.2, 0.25) is 0 Å². The van der Waals surface area contributed by atoms with E-state index in [1.165, 1.54) is 25.7 Å². The Morgan fingerprint density at radius 1 is 1.00 bits per heavy atom. The van der Waals surface area contributed by atoms with Gasteiger partial charge in [-0.15, -0.1) is 0 Å². The van der Waals surface area contributed by atoms with E-state index in [9.17, 15) is 0 Å². The average molecular weight is 269 g/mol. The summed E-state index contributed by atoms with van der Waals surface area (Å²) in [5, 5.41) is 4.23. The van der Waals surface area contributed by atoms with Crippen molar-refractivity contribution in [3.63, 3.8) is 0 Å². The summed E-state index contributed by atoms with van der Waals surface area (Å²) in [6, 6.07) is 3.95. The van der Waals surface area contributed by atoms with Crippen LogP contribution in [0.4, 0.5) is 5.82 Å². The maximum absolute atomic E-state index is 4.46. The fraction of sp³-hybridized carbons (Fsp3) is 0.533. The normalized spacial score (nSPS) is 25.7. The van der Waals surface area contributed by atoms with E-state index in [0.29, 0.717) is 0 Å². The van der Waals surface area contributed by atoms with Crippen LogP contribution in [-0.2, 0) is 0 Å². The van der Waals surface area contributed by atoms with E-state index in [2.05, 4.69) is 20.0 Å². The topological polar surface area (TPSA) is 46.8 Å². The highest BCUT2D eigenvalue weighted by Crippen LogP contribution is 2.37. The smallest absolute Gasteiger partial charge is 0.158 e. The van der Waals surface area contributed by atoms with Gasteiger partial charge in [-0.05, 0) is 30.7 Å². The predicted molar refractivity (Wildman–Crippen MR) is 76.8 cm³/mol. The highest BCUT2D eigenvalue weighted by Gasteiger charge is 2.34. The maximum Gasteiger partial charge on any atom is 0.158 e. The molecular formula is C15H19N5.